The third-order valence-corrected chi connectivity index (χ3v) is 5.04. The van der Waals surface area contributed by atoms with Gasteiger partial charge in [0, 0.05) is 25.6 Å². The number of aromatic amines is 1. The number of amides is 1. The summed E-state index contributed by atoms with van der Waals surface area (Å²) >= 11 is 0. The zero-order chi connectivity index (χ0) is 24.0. The van der Waals surface area contributed by atoms with Crippen LogP contribution in [0.25, 0.3) is 0 Å². The van der Waals surface area contributed by atoms with Gasteiger partial charge in [-0.3, -0.25) is 29.3 Å². The molecule has 0 aliphatic heterocycles. The Balaban J connectivity index is 1.81. The molecule has 0 fully saturated rings. The number of nitrogens with two attached hydrogens (primary N) is 1. The van der Waals surface area contributed by atoms with Crippen molar-refractivity contribution in [3.63, 3.8) is 0 Å². The van der Waals surface area contributed by atoms with Gasteiger partial charge in [0.2, 0.25) is 5.91 Å². The number of nitro benzene ring substituents is 1. The quantitative estimate of drug-likeness (QED) is 0.331. The highest BCUT2D eigenvalue weighted by Gasteiger charge is 2.23. The van der Waals surface area contributed by atoms with E-state index in [0.717, 1.165) is 5.56 Å². The number of carbonyl (C=O) groups is 1. The molecule has 1 aromatic heterocycles. The Morgan fingerprint density at radius 3 is 2.48 bits per heavy atom. The molecule has 3 aromatic rings. The highest BCUT2D eigenvalue weighted by Crippen LogP contribution is 2.23. The number of para-hydroxylation sites is 2. The summed E-state index contributed by atoms with van der Waals surface area (Å²) in [7, 11) is 0. The highest BCUT2D eigenvalue weighted by molar-refractivity contribution is 5.95. The molecule has 1 amide bonds. The van der Waals surface area contributed by atoms with Gasteiger partial charge in [-0.2, -0.15) is 0 Å². The van der Waals surface area contributed by atoms with Crippen molar-refractivity contribution in [3.05, 3.63) is 91.1 Å². The maximum Gasteiger partial charge on any atom is 0.330 e. The molecule has 0 radical (unpaired) electrons. The van der Waals surface area contributed by atoms with Crippen molar-refractivity contribution in [3.8, 4) is 0 Å². The number of benzene rings is 2. The summed E-state index contributed by atoms with van der Waals surface area (Å²) in [5, 5.41) is 14.0. The van der Waals surface area contributed by atoms with Crippen LogP contribution in [0.3, 0.4) is 0 Å². The second kappa shape index (κ2) is 10.3. The Hall–Kier alpha value is -4.41. The number of carbonyl (C=O) groups excluding carboxylic acids is 1. The van der Waals surface area contributed by atoms with Crippen LogP contribution in [0.4, 0.5) is 22.9 Å². The average molecular weight is 452 g/mol. The van der Waals surface area contributed by atoms with Gasteiger partial charge in [-0.15, -0.1) is 0 Å². The standard InChI is InChI=1S/C22H24N6O5/c1-2-26(18(29)12-13-24-16-10-6-7-11-17(16)28(32)33)19-20(23)27(22(31)25-21(19)30)14-15-8-4-3-5-9-15/h3-11,24H,2,12-14,23H2,1H3,(H,25,30,31). The summed E-state index contributed by atoms with van der Waals surface area (Å²) in [5.74, 6) is -0.542. The summed E-state index contributed by atoms with van der Waals surface area (Å²) in [5.41, 5.74) is 5.61. The highest BCUT2D eigenvalue weighted by atomic mass is 16.6. The lowest BCUT2D eigenvalue weighted by atomic mass is 10.2. The van der Waals surface area contributed by atoms with Gasteiger partial charge in [-0.25, -0.2) is 4.79 Å². The first-order valence-corrected chi connectivity index (χ1v) is 10.3. The van der Waals surface area contributed by atoms with Gasteiger partial charge in [0.1, 0.15) is 11.5 Å². The van der Waals surface area contributed by atoms with E-state index in [2.05, 4.69) is 10.3 Å². The molecular formula is C22H24N6O5. The van der Waals surface area contributed by atoms with Crippen LogP contribution in [0, 0.1) is 10.1 Å². The maximum atomic E-state index is 12.9. The number of H-pyrrole nitrogens is 1. The number of rotatable bonds is 9. The van der Waals surface area contributed by atoms with E-state index in [4.69, 9.17) is 5.73 Å². The fourth-order valence-corrected chi connectivity index (χ4v) is 3.44. The summed E-state index contributed by atoms with van der Waals surface area (Å²) < 4.78 is 1.20. The van der Waals surface area contributed by atoms with Crippen LogP contribution in [-0.4, -0.2) is 33.5 Å². The molecule has 0 spiro atoms. The number of hydrogen-bond donors (Lipinski definition) is 3. The zero-order valence-electron chi connectivity index (χ0n) is 18.0. The van der Waals surface area contributed by atoms with Crippen LogP contribution in [0.2, 0.25) is 0 Å². The van der Waals surface area contributed by atoms with Gasteiger partial charge in [-0.05, 0) is 18.6 Å². The molecule has 3 rings (SSSR count). The minimum Gasteiger partial charge on any atom is -0.383 e. The van der Waals surface area contributed by atoms with Crippen molar-refractivity contribution < 1.29 is 9.72 Å². The third-order valence-electron chi connectivity index (χ3n) is 5.04. The van der Waals surface area contributed by atoms with Crippen molar-refractivity contribution in [1.29, 1.82) is 0 Å². The Labute approximate surface area is 188 Å². The van der Waals surface area contributed by atoms with E-state index in [9.17, 15) is 24.5 Å². The average Bonchev–Trinajstić information content (AvgIpc) is 2.80. The van der Waals surface area contributed by atoms with Crippen LogP contribution in [0.1, 0.15) is 18.9 Å². The summed E-state index contributed by atoms with van der Waals surface area (Å²) in [6.45, 7) is 2.04. The molecule has 11 nitrogen and oxygen atoms in total. The van der Waals surface area contributed by atoms with Crippen LogP contribution < -0.4 is 27.2 Å². The lowest BCUT2D eigenvalue weighted by Gasteiger charge is -2.23. The molecule has 0 saturated carbocycles. The minimum absolute atomic E-state index is 0.0589. The number of nitrogens with zero attached hydrogens (tertiary/aromatic N) is 3. The van der Waals surface area contributed by atoms with E-state index < -0.39 is 22.1 Å². The number of nitro groups is 1. The molecule has 0 aliphatic carbocycles. The molecule has 4 N–H and O–H groups in total. The first kappa shape index (κ1) is 23.3. The van der Waals surface area contributed by atoms with E-state index in [-0.39, 0.29) is 48.9 Å². The second-order valence-corrected chi connectivity index (χ2v) is 7.15. The molecule has 1 heterocycles. The van der Waals surface area contributed by atoms with E-state index in [1.807, 2.05) is 30.3 Å². The molecule has 0 atom stereocenters. The molecule has 0 bridgehead atoms. The number of nitrogens with one attached hydrogen (secondary N) is 2. The number of anilines is 3. The molecule has 0 unspecified atom stereocenters. The van der Waals surface area contributed by atoms with Crippen molar-refractivity contribution >= 4 is 28.8 Å². The summed E-state index contributed by atoms with van der Waals surface area (Å²) in [4.78, 5) is 51.9. The van der Waals surface area contributed by atoms with Crippen molar-refractivity contribution in [2.75, 3.05) is 29.0 Å². The van der Waals surface area contributed by atoms with Crippen molar-refractivity contribution in [1.82, 2.24) is 9.55 Å². The summed E-state index contributed by atoms with van der Waals surface area (Å²) in [6, 6.07) is 15.2. The number of hydrogen-bond acceptors (Lipinski definition) is 7. The van der Waals surface area contributed by atoms with E-state index in [0.29, 0.717) is 0 Å². The van der Waals surface area contributed by atoms with Gasteiger partial charge < -0.3 is 16.0 Å². The van der Waals surface area contributed by atoms with Gasteiger partial charge in [0.05, 0.1) is 11.5 Å². The Morgan fingerprint density at radius 1 is 1.15 bits per heavy atom. The third kappa shape index (κ3) is 5.26. The maximum absolute atomic E-state index is 12.9. The zero-order valence-corrected chi connectivity index (χ0v) is 18.0. The van der Waals surface area contributed by atoms with Crippen LogP contribution in [0.15, 0.2) is 64.2 Å². The van der Waals surface area contributed by atoms with Gasteiger partial charge >= 0.3 is 5.69 Å². The molecule has 0 saturated heterocycles. The minimum atomic E-state index is -0.760. The first-order chi connectivity index (χ1) is 15.8. The molecule has 11 heteroatoms. The SMILES string of the molecule is CCN(C(=O)CCNc1ccccc1[N+](=O)[O-])c1c(N)n(Cc2ccccc2)c(=O)[nH]c1=O. The largest absolute Gasteiger partial charge is 0.383 e. The Bertz CT molecular complexity index is 1270. The topological polar surface area (TPSA) is 156 Å². The lowest BCUT2D eigenvalue weighted by molar-refractivity contribution is -0.384. The predicted molar refractivity (Wildman–Crippen MR) is 126 cm³/mol. The molecule has 0 aliphatic rings. The lowest BCUT2D eigenvalue weighted by Crippen LogP contribution is -2.41. The van der Waals surface area contributed by atoms with Crippen molar-refractivity contribution in [2.45, 2.75) is 19.9 Å². The van der Waals surface area contributed by atoms with E-state index >= 15 is 0 Å². The second-order valence-electron chi connectivity index (χ2n) is 7.15. The normalized spacial score (nSPS) is 10.6. The molecule has 2 aromatic carbocycles. The van der Waals surface area contributed by atoms with E-state index in [1.54, 1.807) is 25.1 Å². The van der Waals surface area contributed by atoms with Gasteiger partial charge in [-0.1, -0.05) is 42.5 Å². The summed E-state index contributed by atoms with van der Waals surface area (Å²) in [6.07, 6.45) is -0.0589. The van der Waals surface area contributed by atoms with Crippen molar-refractivity contribution in [2.24, 2.45) is 0 Å². The molecule has 33 heavy (non-hydrogen) atoms. The molecular weight excluding hydrogens is 428 g/mol. The smallest absolute Gasteiger partial charge is 0.330 e. The fraction of sp³-hybridized carbons (Fsp3) is 0.227. The Morgan fingerprint density at radius 2 is 1.82 bits per heavy atom. The van der Waals surface area contributed by atoms with Gasteiger partial charge in [0.15, 0.2) is 5.69 Å². The van der Waals surface area contributed by atoms with Gasteiger partial charge in [0.25, 0.3) is 11.2 Å². The van der Waals surface area contributed by atoms with Crippen LogP contribution >= 0.6 is 0 Å². The number of nitrogen functional groups attached to an aromatic ring is 1. The van der Waals surface area contributed by atoms with Crippen LogP contribution in [0.5, 0.6) is 0 Å². The monoisotopic (exact) mass is 452 g/mol. The number of aromatic nitrogens is 2. The molecule has 172 valence electrons. The first-order valence-electron chi connectivity index (χ1n) is 10.3. The fourth-order valence-electron chi connectivity index (χ4n) is 3.44. The van der Waals surface area contributed by atoms with Crippen LogP contribution in [-0.2, 0) is 11.3 Å². The van der Waals surface area contributed by atoms with E-state index in [1.165, 1.54) is 15.5 Å². The predicted octanol–water partition coefficient (Wildman–Crippen LogP) is 1.93. The Kier molecular flexibility index (Phi) is 7.24.